The van der Waals surface area contributed by atoms with Crippen molar-refractivity contribution in [1.29, 1.82) is 0 Å². The van der Waals surface area contributed by atoms with Crippen LogP contribution in [0.1, 0.15) is 29.6 Å². The molecule has 0 bridgehead atoms. The molecule has 4 heteroatoms. The Morgan fingerprint density at radius 1 is 1.19 bits per heavy atom. The largest absolute Gasteiger partial charge is 0.506 e. The van der Waals surface area contributed by atoms with Crippen LogP contribution < -0.4 is 5.32 Å². The fourth-order valence-corrected chi connectivity index (χ4v) is 3.13. The van der Waals surface area contributed by atoms with Crippen LogP contribution in [-0.4, -0.2) is 28.8 Å². The highest BCUT2D eigenvalue weighted by Gasteiger charge is 2.28. The molecule has 1 saturated carbocycles. The number of nitrogens with one attached hydrogen (secondary N) is 1. The molecule has 0 heterocycles. The van der Waals surface area contributed by atoms with Crippen LogP contribution in [0.25, 0.3) is 10.8 Å². The van der Waals surface area contributed by atoms with Gasteiger partial charge in [-0.15, -0.1) is 0 Å². The lowest BCUT2D eigenvalue weighted by Crippen LogP contribution is -2.38. The van der Waals surface area contributed by atoms with Crippen LogP contribution in [0, 0.1) is 5.92 Å². The van der Waals surface area contributed by atoms with E-state index >= 15 is 0 Å². The maximum absolute atomic E-state index is 12.4. The van der Waals surface area contributed by atoms with E-state index in [4.69, 9.17) is 0 Å². The molecule has 0 aliphatic heterocycles. The van der Waals surface area contributed by atoms with Crippen molar-refractivity contribution in [3.05, 3.63) is 42.0 Å². The van der Waals surface area contributed by atoms with Crippen molar-refractivity contribution in [3.8, 4) is 5.75 Å². The maximum atomic E-state index is 12.4. The Labute approximate surface area is 123 Å². The molecule has 1 aliphatic carbocycles. The molecular weight excluding hydrogens is 266 g/mol. The SMILES string of the molecule is O=C(NC1CCCC1CO)c1ccc2ccccc2c1O. The Balaban J connectivity index is 1.86. The van der Waals surface area contributed by atoms with E-state index in [2.05, 4.69) is 5.32 Å². The quantitative estimate of drug-likeness (QED) is 0.811. The molecule has 0 spiro atoms. The first-order valence-electron chi connectivity index (χ1n) is 7.33. The third-order valence-electron chi connectivity index (χ3n) is 4.36. The molecule has 0 radical (unpaired) electrons. The van der Waals surface area contributed by atoms with Gasteiger partial charge in [0.1, 0.15) is 5.75 Å². The summed E-state index contributed by atoms with van der Waals surface area (Å²) in [5, 5.41) is 24.1. The standard InChI is InChI=1S/C17H19NO3/c19-10-12-5-3-7-15(12)18-17(21)14-9-8-11-4-1-2-6-13(11)16(14)20/h1-2,4,6,8-9,12,15,19-20H,3,5,7,10H2,(H,18,21). The van der Waals surface area contributed by atoms with Gasteiger partial charge in [0.15, 0.2) is 0 Å². The molecule has 3 N–H and O–H groups in total. The van der Waals surface area contributed by atoms with Crippen molar-refractivity contribution in [1.82, 2.24) is 5.32 Å². The van der Waals surface area contributed by atoms with E-state index in [-0.39, 0.29) is 35.8 Å². The van der Waals surface area contributed by atoms with Gasteiger partial charge in [0.05, 0.1) is 5.56 Å². The summed E-state index contributed by atoms with van der Waals surface area (Å²) in [6.45, 7) is 0.0919. The summed E-state index contributed by atoms with van der Waals surface area (Å²) in [7, 11) is 0. The van der Waals surface area contributed by atoms with Gasteiger partial charge in [-0.1, -0.05) is 36.8 Å². The number of hydrogen-bond acceptors (Lipinski definition) is 3. The normalized spacial score (nSPS) is 21.6. The molecule has 1 aliphatic rings. The number of aliphatic hydroxyl groups is 1. The third-order valence-corrected chi connectivity index (χ3v) is 4.36. The number of hydrogen-bond donors (Lipinski definition) is 3. The van der Waals surface area contributed by atoms with E-state index in [1.807, 2.05) is 24.3 Å². The molecule has 2 aromatic carbocycles. The molecule has 0 saturated heterocycles. The lowest BCUT2D eigenvalue weighted by Gasteiger charge is -2.19. The minimum atomic E-state index is -0.274. The Morgan fingerprint density at radius 2 is 2.00 bits per heavy atom. The first-order valence-corrected chi connectivity index (χ1v) is 7.33. The van der Waals surface area contributed by atoms with Gasteiger partial charge in [-0.3, -0.25) is 4.79 Å². The molecule has 3 rings (SSSR count). The number of rotatable bonds is 3. The van der Waals surface area contributed by atoms with Crippen molar-refractivity contribution < 1.29 is 15.0 Å². The molecular formula is C17H19NO3. The molecule has 110 valence electrons. The van der Waals surface area contributed by atoms with Gasteiger partial charge in [0.25, 0.3) is 5.91 Å². The van der Waals surface area contributed by atoms with Crippen LogP contribution in [0.2, 0.25) is 0 Å². The van der Waals surface area contributed by atoms with Gasteiger partial charge in [0.2, 0.25) is 0 Å². The number of aliphatic hydroxyl groups excluding tert-OH is 1. The molecule has 2 unspecified atom stereocenters. The Morgan fingerprint density at radius 3 is 2.81 bits per heavy atom. The van der Waals surface area contributed by atoms with Gasteiger partial charge in [-0.25, -0.2) is 0 Å². The summed E-state index contributed by atoms with van der Waals surface area (Å²) >= 11 is 0. The number of phenols is 1. The molecule has 21 heavy (non-hydrogen) atoms. The highest BCUT2D eigenvalue weighted by molar-refractivity contribution is 6.03. The Kier molecular flexibility index (Phi) is 3.80. The zero-order valence-corrected chi connectivity index (χ0v) is 11.7. The van der Waals surface area contributed by atoms with E-state index in [9.17, 15) is 15.0 Å². The van der Waals surface area contributed by atoms with Crippen LogP contribution in [-0.2, 0) is 0 Å². The fraction of sp³-hybridized carbons (Fsp3) is 0.353. The zero-order valence-electron chi connectivity index (χ0n) is 11.7. The summed E-state index contributed by atoms with van der Waals surface area (Å²) in [5.41, 5.74) is 0.289. The second-order valence-electron chi connectivity index (χ2n) is 5.64. The number of carbonyl (C=O) groups is 1. The number of amides is 1. The molecule has 0 aromatic heterocycles. The van der Waals surface area contributed by atoms with Crippen LogP contribution >= 0.6 is 0 Å². The van der Waals surface area contributed by atoms with Crippen molar-refractivity contribution in [3.63, 3.8) is 0 Å². The predicted molar refractivity (Wildman–Crippen MR) is 81.3 cm³/mol. The minimum absolute atomic E-state index is 0.00614. The monoisotopic (exact) mass is 285 g/mol. The van der Waals surface area contributed by atoms with E-state index in [0.717, 1.165) is 24.6 Å². The lowest BCUT2D eigenvalue weighted by molar-refractivity contribution is 0.0913. The van der Waals surface area contributed by atoms with Gasteiger partial charge in [-0.05, 0) is 24.3 Å². The highest BCUT2D eigenvalue weighted by Crippen LogP contribution is 2.30. The van der Waals surface area contributed by atoms with E-state index in [1.165, 1.54) is 0 Å². The first-order chi connectivity index (χ1) is 10.2. The van der Waals surface area contributed by atoms with E-state index < -0.39 is 0 Å². The van der Waals surface area contributed by atoms with Crippen molar-refractivity contribution in [2.45, 2.75) is 25.3 Å². The number of carbonyl (C=O) groups excluding carboxylic acids is 1. The molecule has 2 aromatic rings. The second kappa shape index (κ2) is 5.74. The summed E-state index contributed by atoms with van der Waals surface area (Å²) in [6.07, 6.45) is 2.83. The maximum Gasteiger partial charge on any atom is 0.255 e. The van der Waals surface area contributed by atoms with Crippen molar-refractivity contribution >= 4 is 16.7 Å². The Bertz CT molecular complexity index is 668. The van der Waals surface area contributed by atoms with E-state index in [1.54, 1.807) is 12.1 Å². The fourth-order valence-electron chi connectivity index (χ4n) is 3.13. The average Bonchev–Trinajstić information content (AvgIpc) is 2.95. The molecule has 1 fully saturated rings. The summed E-state index contributed by atoms with van der Waals surface area (Å²) in [5.74, 6) is -0.135. The smallest absolute Gasteiger partial charge is 0.255 e. The lowest BCUT2D eigenvalue weighted by atomic mass is 10.0. The number of phenolic OH excluding ortho intramolecular Hbond substituents is 1. The van der Waals surface area contributed by atoms with E-state index in [0.29, 0.717) is 5.39 Å². The van der Waals surface area contributed by atoms with Crippen LogP contribution in [0.15, 0.2) is 36.4 Å². The molecule has 2 atom stereocenters. The van der Waals surface area contributed by atoms with Crippen LogP contribution in [0.4, 0.5) is 0 Å². The number of fused-ring (bicyclic) bond motifs is 1. The third kappa shape index (κ3) is 2.59. The topological polar surface area (TPSA) is 69.6 Å². The molecule has 4 nitrogen and oxygen atoms in total. The summed E-state index contributed by atoms with van der Waals surface area (Å²) < 4.78 is 0. The highest BCUT2D eigenvalue weighted by atomic mass is 16.3. The predicted octanol–water partition coefficient (Wildman–Crippen LogP) is 2.44. The molecule has 1 amide bonds. The summed E-state index contributed by atoms with van der Waals surface area (Å²) in [4.78, 5) is 12.4. The van der Waals surface area contributed by atoms with Gasteiger partial charge >= 0.3 is 0 Å². The number of aromatic hydroxyl groups is 1. The van der Waals surface area contributed by atoms with Gasteiger partial charge < -0.3 is 15.5 Å². The zero-order chi connectivity index (χ0) is 14.8. The second-order valence-corrected chi connectivity index (χ2v) is 5.64. The Hall–Kier alpha value is -2.07. The van der Waals surface area contributed by atoms with Crippen LogP contribution in [0.3, 0.4) is 0 Å². The minimum Gasteiger partial charge on any atom is -0.506 e. The summed E-state index contributed by atoms with van der Waals surface area (Å²) in [6, 6.07) is 10.9. The van der Waals surface area contributed by atoms with Crippen molar-refractivity contribution in [2.75, 3.05) is 6.61 Å². The first kappa shape index (κ1) is 13.9. The van der Waals surface area contributed by atoms with Gasteiger partial charge in [0, 0.05) is 24.0 Å². The van der Waals surface area contributed by atoms with Crippen molar-refractivity contribution in [2.24, 2.45) is 5.92 Å². The van der Waals surface area contributed by atoms with Crippen LogP contribution in [0.5, 0.6) is 5.75 Å². The van der Waals surface area contributed by atoms with Gasteiger partial charge in [-0.2, -0.15) is 0 Å². The average molecular weight is 285 g/mol. The number of benzene rings is 2.